The van der Waals surface area contributed by atoms with Crippen LogP contribution in [-0.2, 0) is 17.7 Å². The zero-order chi connectivity index (χ0) is 25.4. The van der Waals surface area contributed by atoms with Crippen molar-refractivity contribution in [1.82, 2.24) is 14.9 Å². The van der Waals surface area contributed by atoms with Crippen molar-refractivity contribution < 1.29 is 19.4 Å². The minimum absolute atomic E-state index is 0.248. The average Bonchev–Trinajstić information content (AvgIpc) is 2.86. The lowest BCUT2D eigenvalue weighted by atomic mass is 10.0. The highest BCUT2D eigenvalue weighted by molar-refractivity contribution is 5.95. The van der Waals surface area contributed by atoms with E-state index in [9.17, 15) is 9.90 Å². The number of amides is 1. The molecule has 9 heteroatoms. The van der Waals surface area contributed by atoms with Gasteiger partial charge < -0.3 is 29.3 Å². The van der Waals surface area contributed by atoms with Crippen molar-refractivity contribution in [1.29, 1.82) is 0 Å². The van der Waals surface area contributed by atoms with Crippen LogP contribution in [0, 0.1) is 0 Å². The van der Waals surface area contributed by atoms with Gasteiger partial charge in [0.05, 0.1) is 19.3 Å². The van der Waals surface area contributed by atoms with Gasteiger partial charge in [0.15, 0.2) is 0 Å². The van der Waals surface area contributed by atoms with Gasteiger partial charge in [0, 0.05) is 55.4 Å². The number of anilines is 2. The Morgan fingerprint density at radius 1 is 1.00 bits per heavy atom. The molecule has 1 aromatic heterocycles. The second-order valence-corrected chi connectivity index (χ2v) is 10.3. The second kappa shape index (κ2) is 9.37. The molecule has 0 radical (unpaired) electrons. The SMILES string of the molecule is COc1nc2c(c(N3CCN(C(=O)OC(C)(C)C)CC3)n1)CCN(c1cc(O)cc3ccccc13)C2. The van der Waals surface area contributed by atoms with Gasteiger partial charge in [-0.3, -0.25) is 0 Å². The van der Waals surface area contributed by atoms with Crippen LogP contribution in [-0.4, -0.2) is 71.5 Å². The van der Waals surface area contributed by atoms with Crippen LogP contribution in [0.15, 0.2) is 36.4 Å². The van der Waals surface area contributed by atoms with Crippen LogP contribution in [0.2, 0.25) is 0 Å². The Morgan fingerprint density at radius 2 is 1.75 bits per heavy atom. The fourth-order valence-electron chi connectivity index (χ4n) is 4.91. The number of nitrogens with zero attached hydrogens (tertiary/aromatic N) is 5. The Labute approximate surface area is 211 Å². The number of phenolic OH excluding ortho intramolecular Hbond substituents is 1. The van der Waals surface area contributed by atoms with Crippen LogP contribution in [0.25, 0.3) is 10.8 Å². The maximum Gasteiger partial charge on any atom is 0.410 e. The van der Waals surface area contributed by atoms with Crippen molar-refractivity contribution in [2.45, 2.75) is 39.3 Å². The maximum atomic E-state index is 12.5. The van der Waals surface area contributed by atoms with Gasteiger partial charge in [-0.2, -0.15) is 9.97 Å². The van der Waals surface area contributed by atoms with E-state index in [-0.39, 0.29) is 11.8 Å². The van der Waals surface area contributed by atoms with Crippen molar-refractivity contribution in [3.63, 3.8) is 0 Å². The minimum atomic E-state index is -0.514. The second-order valence-electron chi connectivity index (χ2n) is 10.3. The normalized spacial score (nSPS) is 16.2. The maximum absolute atomic E-state index is 12.5. The first-order chi connectivity index (χ1) is 17.2. The van der Waals surface area contributed by atoms with E-state index in [0.29, 0.717) is 38.7 Å². The smallest absolute Gasteiger partial charge is 0.410 e. The fraction of sp³-hybridized carbons (Fsp3) is 0.444. The number of hydrogen-bond donors (Lipinski definition) is 1. The molecular weight excluding hydrogens is 458 g/mol. The van der Waals surface area contributed by atoms with Gasteiger partial charge in [0.2, 0.25) is 0 Å². The molecule has 9 nitrogen and oxygen atoms in total. The molecule has 2 aromatic carbocycles. The Bertz CT molecular complexity index is 1280. The molecular formula is C27H33N5O4. The first kappa shape index (κ1) is 24.0. The average molecular weight is 492 g/mol. The monoisotopic (exact) mass is 491 g/mol. The summed E-state index contributed by atoms with van der Waals surface area (Å²) in [7, 11) is 1.58. The first-order valence-corrected chi connectivity index (χ1v) is 12.4. The predicted octanol–water partition coefficient (Wildman–Crippen LogP) is 3.96. The van der Waals surface area contributed by atoms with E-state index in [2.05, 4.69) is 15.9 Å². The van der Waals surface area contributed by atoms with E-state index in [1.165, 1.54) is 0 Å². The number of carbonyl (C=O) groups excluding carboxylic acids is 1. The molecule has 0 unspecified atom stereocenters. The number of aromatic nitrogens is 2. The Morgan fingerprint density at radius 3 is 2.47 bits per heavy atom. The highest BCUT2D eigenvalue weighted by Gasteiger charge is 2.30. The van der Waals surface area contributed by atoms with Crippen LogP contribution < -0.4 is 14.5 Å². The molecule has 1 N–H and O–H groups in total. The van der Waals surface area contributed by atoms with E-state index in [1.54, 1.807) is 18.1 Å². The number of piperazine rings is 1. The van der Waals surface area contributed by atoms with Crippen molar-refractivity contribution in [2.75, 3.05) is 49.6 Å². The molecule has 5 rings (SSSR count). The van der Waals surface area contributed by atoms with Crippen molar-refractivity contribution >= 4 is 28.4 Å². The van der Waals surface area contributed by atoms with Crippen molar-refractivity contribution in [3.8, 4) is 11.8 Å². The summed E-state index contributed by atoms with van der Waals surface area (Å²) < 4.78 is 11.0. The number of rotatable bonds is 3. The molecule has 2 aliphatic heterocycles. The molecule has 0 aliphatic carbocycles. The highest BCUT2D eigenvalue weighted by Crippen LogP contribution is 2.36. The summed E-state index contributed by atoms with van der Waals surface area (Å²) in [4.78, 5) is 28.1. The number of methoxy groups -OCH3 is 1. The third-order valence-corrected chi connectivity index (χ3v) is 6.60. The van der Waals surface area contributed by atoms with E-state index >= 15 is 0 Å². The summed E-state index contributed by atoms with van der Waals surface area (Å²) in [5.41, 5.74) is 2.51. The Kier molecular flexibility index (Phi) is 6.24. The molecule has 0 spiro atoms. The molecule has 2 aliphatic rings. The Hall–Kier alpha value is -3.75. The van der Waals surface area contributed by atoms with Gasteiger partial charge in [-0.25, -0.2) is 4.79 Å². The molecule has 3 aromatic rings. The van der Waals surface area contributed by atoms with E-state index in [1.807, 2.05) is 45.0 Å². The quantitative estimate of drug-likeness (QED) is 0.589. The molecule has 190 valence electrons. The first-order valence-electron chi connectivity index (χ1n) is 12.4. The number of carbonyl (C=O) groups is 1. The number of aromatic hydroxyl groups is 1. The van der Waals surface area contributed by atoms with E-state index < -0.39 is 5.60 Å². The van der Waals surface area contributed by atoms with E-state index in [4.69, 9.17) is 19.4 Å². The standard InChI is InChI=1S/C27H33N5O4/c1-27(2,3)36-26(34)31-13-11-30(12-14-31)24-21-9-10-32(17-22(21)28-25(29-24)35-4)23-16-19(33)15-18-7-5-6-8-20(18)23/h5-8,15-16,33H,9-14,17H2,1-4H3. The lowest BCUT2D eigenvalue weighted by Gasteiger charge is -2.38. The number of phenols is 1. The van der Waals surface area contributed by atoms with Gasteiger partial charge in [-0.1, -0.05) is 24.3 Å². The van der Waals surface area contributed by atoms with Crippen molar-refractivity contribution in [2.24, 2.45) is 0 Å². The summed E-state index contributed by atoms with van der Waals surface area (Å²) in [6, 6.07) is 12.0. The number of benzene rings is 2. The van der Waals surface area contributed by atoms with Gasteiger partial charge in [0.1, 0.15) is 17.2 Å². The Balaban J connectivity index is 1.39. The number of fused-ring (bicyclic) bond motifs is 2. The lowest BCUT2D eigenvalue weighted by Crippen LogP contribution is -2.50. The summed E-state index contributed by atoms with van der Waals surface area (Å²) in [6.45, 7) is 9.46. The highest BCUT2D eigenvalue weighted by atomic mass is 16.6. The predicted molar refractivity (Wildman–Crippen MR) is 139 cm³/mol. The molecule has 36 heavy (non-hydrogen) atoms. The van der Waals surface area contributed by atoms with Gasteiger partial charge in [-0.15, -0.1) is 0 Å². The summed E-state index contributed by atoms with van der Waals surface area (Å²) in [6.07, 6.45) is 0.490. The van der Waals surface area contributed by atoms with Crippen molar-refractivity contribution in [3.05, 3.63) is 47.7 Å². The molecule has 0 bridgehead atoms. The van der Waals surface area contributed by atoms with Gasteiger partial charge in [0.25, 0.3) is 0 Å². The topological polar surface area (TPSA) is 91.3 Å². The summed E-state index contributed by atoms with van der Waals surface area (Å²) in [5, 5.41) is 12.4. The summed E-state index contributed by atoms with van der Waals surface area (Å²) in [5.74, 6) is 1.12. The van der Waals surface area contributed by atoms with E-state index in [0.717, 1.165) is 46.5 Å². The lowest BCUT2D eigenvalue weighted by molar-refractivity contribution is 0.0240. The molecule has 1 fully saturated rings. The number of ether oxygens (including phenoxy) is 2. The van der Waals surface area contributed by atoms with Crippen LogP contribution in [0.3, 0.4) is 0 Å². The largest absolute Gasteiger partial charge is 0.508 e. The van der Waals surface area contributed by atoms with Crippen LogP contribution in [0.4, 0.5) is 16.3 Å². The number of hydrogen-bond acceptors (Lipinski definition) is 8. The zero-order valence-electron chi connectivity index (χ0n) is 21.3. The van der Waals surface area contributed by atoms with Crippen LogP contribution in [0.1, 0.15) is 32.0 Å². The van der Waals surface area contributed by atoms with Crippen LogP contribution >= 0.6 is 0 Å². The molecule has 1 amide bonds. The van der Waals surface area contributed by atoms with Crippen LogP contribution in [0.5, 0.6) is 11.8 Å². The molecule has 1 saturated heterocycles. The third kappa shape index (κ3) is 4.82. The summed E-state index contributed by atoms with van der Waals surface area (Å²) >= 11 is 0. The third-order valence-electron chi connectivity index (χ3n) is 6.60. The molecule has 0 saturated carbocycles. The van der Waals surface area contributed by atoms with Gasteiger partial charge >= 0.3 is 12.1 Å². The zero-order valence-corrected chi connectivity index (χ0v) is 21.3. The molecule has 0 atom stereocenters. The van der Waals surface area contributed by atoms with Gasteiger partial charge in [-0.05, 0) is 38.6 Å². The fourth-order valence-corrected chi connectivity index (χ4v) is 4.91. The molecule has 3 heterocycles. The minimum Gasteiger partial charge on any atom is -0.508 e.